The van der Waals surface area contributed by atoms with Crippen LogP contribution in [0.2, 0.25) is 0 Å². The van der Waals surface area contributed by atoms with Crippen LogP contribution in [0, 0.1) is 0 Å². The van der Waals surface area contributed by atoms with Gasteiger partial charge in [0, 0.05) is 32.7 Å². The second-order valence-corrected chi connectivity index (χ2v) is 9.98. The number of benzene rings is 3. The fourth-order valence-electron chi connectivity index (χ4n) is 5.36. The molecular formula is C29H32N4O2. The zero-order valence-electron chi connectivity index (χ0n) is 20.2. The molecule has 6 nitrogen and oxygen atoms in total. The lowest BCUT2D eigenvalue weighted by Crippen LogP contribution is -2.44. The minimum absolute atomic E-state index is 0.280. The molecule has 0 aliphatic carbocycles. The predicted molar refractivity (Wildman–Crippen MR) is 139 cm³/mol. The van der Waals surface area contributed by atoms with Gasteiger partial charge in [0.25, 0.3) is 0 Å². The van der Waals surface area contributed by atoms with Crippen molar-refractivity contribution in [3.63, 3.8) is 0 Å². The Morgan fingerprint density at radius 1 is 1.00 bits per heavy atom. The number of aliphatic hydroxyl groups excluding tert-OH is 1. The van der Waals surface area contributed by atoms with E-state index in [9.17, 15) is 5.11 Å². The Morgan fingerprint density at radius 2 is 1.83 bits per heavy atom. The second-order valence-electron chi connectivity index (χ2n) is 9.98. The van der Waals surface area contributed by atoms with Crippen LogP contribution in [0.25, 0.3) is 22.2 Å². The van der Waals surface area contributed by atoms with Crippen LogP contribution in [-0.2, 0) is 13.0 Å². The summed E-state index contributed by atoms with van der Waals surface area (Å²) in [5, 5.41) is 10.6. The Bertz CT molecular complexity index is 1330. The zero-order valence-corrected chi connectivity index (χ0v) is 20.2. The van der Waals surface area contributed by atoms with Crippen molar-refractivity contribution < 1.29 is 9.84 Å². The Kier molecular flexibility index (Phi) is 6.02. The SMILES string of the molecule is CN1CC(n2cnc3ccc(-c4cccc(OCC(O)CN5CCc6ccccc6C5)c4)cc32)C1. The molecule has 4 aromatic rings. The second kappa shape index (κ2) is 9.46. The number of β-amino-alcohol motifs (C(OH)–C–C–N with tert-alkyl or cyclic N) is 1. The quantitative estimate of drug-likeness (QED) is 0.445. The molecule has 6 heteroatoms. The Balaban J connectivity index is 1.10. The summed E-state index contributed by atoms with van der Waals surface area (Å²) < 4.78 is 8.31. The van der Waals surface area contributed by atoms with Crippen LogP contribution in [0.4, 0.5) is 0 Å². The summed E-state index contributed by atoms with van der Waals surface area (Å²) in [6.07, 6.45) is 2.47. The van der Waals surface area contributed by atoms with Crippen LogP contribution < -0.4 is 4.74 Å². The normalized spacial score (nSPS) is 17.8. The van der Waals surface area contributed by atoms with Crippen LogP contribution in [0.5, 0.6) is 5.75 Å². The summed E-state index contributed by atoms with van der Waals surface area (Å²) in [4.78, 5) is 9.23. The summed E-state index contributed by atoms with van der Waals surface area (Å²) in [5.41, 5.74) is 7.23. The number of hydrogen-bond acceptors (Lipinski definition) is 5. The van der Waals surface area contributed by atoms with Gasteiger partial charge in [0.2, 0.25) is 0 Å². The van der Waals surface area contributed by atoms with Gasteiger partial charge in [-0.15, -0.1) is 0 Å². The maximum absolute atomic E-state index is 10.6. The van der Waals surface area contributed by atoms with Crippen molar-refractivity contribution in [2.45, 2.75) is 25.1 Å². The van der Waals surface area contributed by atoms with Crippen molar-refractivity contribution >= 4 is 11.0 Å². The minimum atomic E-state index is -0.532. The van der Waals surface area contributed by atoms with Crippen LogP contribution >= 0.6 is 0 Å². The highest BCUT2D eigenvalue weighted by Gasteiger charge is 2.26. The van der Waals surface area contributed by atoms with Gasteiger partial charge in [-0.2, -0.15) is 0 Å². The van der Waals surface area contributed by atoms with Gasteiger partial charge in [-0.05, 0) is 60.0 Å². The monoisotopic (exact) mass is 468 g/mol. The number of rotatable bonds is 7. The summed E-state index contributed by atoms with van der Waals surface area (Å²) in [6.45, 7) is 4.88. The first-order chi connectivity index (χ1) is 17.1. The third-order valence-electron chi connectivity index (χ3n) is 7.30. The van der Waals surface area contributed by atoms with E-state index in [1.54, 1.807) is 0 Å². The highest BCUT2D eigenvalue weighted by Crippen LogP contribution is 2.30. The largest absolute Gasteiger partial charge is 0.491 e. The topological polar surface area (TPSA) is 53.8 Å². The Labute approximate surface area is 206 Å². The zero-order chi connectivity index (χ0) is 23.8. The van der Waals surface area contributed by atoms with Crippen LogP contribution in [0.15, 0.2) is 73.1 Å². The van der Waals surface area contributed by atoms with E-state index in [0.717, 1.165) is 55.0 Å². The number of aliphatic hydroxyl groups is 1. The maximum atomic E-state index is 10.6. The molecule has 2 aliphatic heterocycles. The molecule has 1 aromatic heterocycles. The number of fused-ring (bicyclic) bond motifs is 2. The average Bonchev–Trinajstić information content (AvgIpc) is 3.28. The third-order valence-corrected chi connectivity index (χ3v) is 7.30. The molecule has 1 atom stereocenters. The van der Waals surface area contributed by atoms with Gasteiger partial charge in [0.15, 0.2) is 0 Å². The van der Waals surface area contributed by atoms with E-state index in [1.165, 1.54) is 16.6 Å². The molecule has 1 saturated heterocycles. The molecule has 0 radical (unpaired) electrons. The van der Waals surface area contributed by atoms with E-state index in [2.05, 4.69) is 81.0 Å². The standard InChI is InChI=1S/C29H32N4O2/c1-31-16-25(17-31)33-20-30-28-10-9-23(14-29(28)33)22-7-4-8-27(13-22)35-19-26(34)18-32-12-11-21-5-2-3-6-24(21)15-32/h2-10,13-14,20,25-26,34H,11-12,15-19H2,1H3. The van der Waals surface area contributed by atoms with Gasteiger partial charge in [0.05, 0.1) is 23.4 Å². The van der Waals surface area contributed by atoms with E-state index in [4.69, 9.17) is 4.74 Å². The van der Waals surface area contributed by atoms with Crippen molar-refractivity contribution in [1.29, 1.82) is 0 Å². The van der Waals surface area contributed by atoms with Crippen molar-refractivity contribution in [1.82, 2.24) is 19.4 Å². The summed E-state index contributed by atoms with van der Waals surface area (Å²) in [7, 11) is 2.15. The van der Waals surface area contributed by atoms with Crippen molar-refractivity contribution in [3.05, 3.63) is 84.2 Å². The number of aromatic nitrogens is 2. The first-order valence-electron chi connectivity index (χ1n) is 12.5. The molecule has 1 unspecified atom stereocenters. The minimum Gasteiger partial charge on any atom is -0.491 e. The van der Waals surface area contributed by atoms with Crippen molar-refractivity contribution in [2.24, 2.45) is 0 Å². The lowest BCUT2D eigenvalue weighted by atomic mass is 10.00. The van der Waals surface area contributed by atoms with Crippen molar-refractivity contribution in [2.75, 3.05) is 39.8 Å². The Hall–Kier alpha value is -3.19. The van der Waals surface area contributed by atoms with Crippen LogP contribution in [0.1, 0.15) is 17.2 Å². The number of likely N-dealkylation sites (tertiary alicyclic amines) is 1. The molecular weight excluding hydrogens is 436 g/mol. The molecule has 0 amide bonds. The molecule has 0 bridgehead atoms. The first kappa shape index (κ1) is 22.3. The Morgan fingerprint density at radius 3 is 2.69 bits per heavy atom. The number of hydrogen-bond donors (Lipinski definition) is 1. The van der Waals surface area contributed by atoms with Gasteiger partial charge in [0.1, 0.15) is 18.5 Å². The lowest BCUT2D eigenvalue weighted by molar-refractivity contribution is 0.0638. The van der Waals surface area contributed by atoms with E-state index in [0.29, 0.717) is 12.6 Å². The number of nitrogens with zero attached hydrogens (tertiary/aromatic N) is 4. The summed E-state index contributed by atoms with van der Waals surface area (Å²) >= 11 is 0. The highest BCUT2D eigenvalue weighted by molar-refractivity contribution is 5.82. The number of likely N-dealkylation sites (N-methyl/N-ethyl adjacent to an activating group) is 1. The van der Waals surface area contributed by atoms with Gasteiger partial charge >= 0.3 is 0 Å². The first-order valence-corrected chi connectivity index (χ1v) is 12.5. The molecule has 3 heterocycles. The van der Waals surface area contributed by atoms with Gasteiger partial charge in [-0.3, -0.25) is 4.90 Å². The smallest absolute Gasteiger partial charge is 0.120 e. The molecule has 35 heavy (non-hydrogen) atoms. The lowest BCUT2D eigenvalue weighted by Gasteiger charge is -2.37. The van der Waals surface area contributed by atoms with E-state index >= 15 is 0 Å². The molecule has 0 saturated carbocycles. The maximum Gasteiger partial charge on any atom is 0.120 e. The molecule has 3 aromatic carbocycles. The number of imidazole rings is 1. The van der Waals surface area contributed by atoms with Crippen LogP contribution in [0.3, 0.4) is 0 Å². The molecule has 1 fully saturated rings. The molecule has 2 aliphatic rings. The fourth-order valence-corrected chi connectivity index (χ4v) is 5.36. The molecule has 0 spiro atoms. The molecule has 180 valence electrons. The molecule has 1 N–H and O–H groups in total. The summed E-state index contributed by atoms with van der Waals surface area (Å²) in [6, 6.07) is 23.6. The predicted octanol–water partition coefficient (Wildman–Crippen LogP) is 3.99. The van der Waals surface area contributed by atoms with Crippen LogP contribution in [-0.4, -0.2) is 70.4 Å². The average molecular weight is 469 g/mol. The molecule has 6 rings (SSSR count). The van der Waals surface area contributed by atoms with E-state index < -0.39 is 6.10 Å². The van der Waals surface area contributed by atoms with Crippen molar-refractivity contribution in [3.8, 4) is 16.9 Å². The van der Waals surface area contributed by atoms with Gasteiger partial charge in [-0.1, -0.05) is 42.5 Å². The third kappa shape index (κ3) is 4.69. The van der Waals surface area contributed by atoms with Gasteiger partial charge < -0.3 is 19.3 Å². The van der Waals surface area contributed by atoms with E-state index in [1.807, 2.05) is 18.5 Å². The highest BCUT2D eigenvalue weighted by atomic mass is 16.5. The van der Waals surface area contributed by atoms with E-state index in [-0.39, 0.29) is 6.61 Å². The summed E-state index contributed by atoms with van der Waals surface area (Å²) in [5.74, 6) is 0.778. The fraction of sp³-hybridized carbons (Fsp3) is 0.345. The van der Waals surface area contributed by atoms with Gasteiger partial charge in [-0.25, -0.2) is 4.98 Å². The number of ether oxygens (including phenoxy) is 1.